The zero-order valence-electron chi connectivity index (χ0n) is 11.3. The topological polar surface area (TPSA) is 36.4 Å². The number of nitrogens with zero attached hydrogens (tertiary/aromatic N) is 2. The van der Waals surface area contributed by atoms with Crippen molar-refractivity contribution in [2.75, 3.05) is 13.1 Å². The largest absolute Gasteiger partial charge is 0.393 e. The van der Waals surface area contributed by atoms with Crippen LogP contribution in [0.25, 0.3) is 0 Å². The van der Waals surface area contributed by atoms with Crippen LogP contribution in [0.5, 0.6) is 0 Å². The Morgan fingerprint density at radius 1 is 1.35 bits per heavy atom. The number of aliphatic hydroxyl groups is 1. The summed E-state index contributed by atoms with van der Waals surface area (Å²) >= 11 is 0. The van der Waals surface area contributed by atoms with E-state index in [9.17, 15) is 5.11 Å². The molecule has 17 heavy (non-hydrogen) atoms. The van der Waals surface area contributed by atoms with Crippen LogP contribution in [0.2, 0.25) is 0 Å². The van der Waals surface area contributed by atoms with Crippen LogP contribution in [-0.2, 0) is 6.54 Å². The highest BCUT2D eigenvalue weighted by atomic mass is 16.3. The van der Waals surface area contributed by atoms with Gasteiger partial charge in [-0.05, 0) is 31.2 Å². The van der Waals surface area contributed by atoms with Gasteiger partial charge in [0.25, 0.3) is 0 Å². The van der Waals surface area contributed by atoms with E-state index in [4.69, 9.17) is 0 Å². The average Bonchev–Trinajstić information content (AvgIpc) is 2.29. The first kappa shape index (κ1) is 14.1. The van der Waals surface area contributed by atoms with E-state index < -0.39 is 0 Å². The van der Waals surface area contributed by atoms with E-state index in [1.165, 1.54) is 5.56 Å². The molecule has 0 radical (unpaired) electrons. The first-order chi connectivity index (χ1) is 7.95. The average molecular weight is 236 g/mol. The molecule has 1 N–H and O–H groups in total. The second-order valence-electron chi connectivity index (χ2n) is 5.32. The summed E-state index contributed by atoms with van der Waals surface area (Å²) in [4.78, 5) is 6.37. The van der Waals surface area contributed by atoms with Crippen molar-refractivity contribution in [2.45, 2.75) is 40.3 Å². The summed E-state index contributed by atoms with van der Waals surface area (Å²) in [5.41, 5.74) is 1.19. The van der Waals surface area contributed by atoms with Crippen LogP contribution in [0, 0.1) is 5.41 Å². The van der Waals surface area contributed by atoms with Crippen LogP contribution >= 0.6 is 0 Å². The fraction of sp³-hybridized carbons (Fsp3) is 0.643. The summed E-state index contributed by atoms with van der Waals surface area (Å²) in [6.45, 7) is 11.0. The van der Waals surface area contributed by atoms with Crippen molar-refractivity contribution in [3.8, 4) is 0 Å². The molecule has 0 saturated carbocycles. The molecule has 96 valence electrons. The van der Waals surface area contributed by atoms with Gasteiger partial charge in [-0.2, -0.15) is 0 Å². The molecule has 0 saturated heterocycles. The summed E-state index contributed by atoms with van der Waals surface area (Å²) in [5.74, 6) is 0. The molecule has 1 aromatic heterocycles. The molecule has 1 heterocycles. The number of aliphatic hydroxyl groups excluding tert-OH is 1. The maximum absolute atomic E-state index is 9.75. The molecule has 1 aromatic rings. The van der Waals surface area contributed by atoms with Crippen molar-refractivity contribution in [1.29, 1.82) is 0 Å². The Hall–Kier alpha value is -0.930. The first-order valence-electron chi connectivity index (χ1n) is 6.25. The van der Waals surface area contributed by atoms with E-state index in [-0.39, 0.29) is 11.5 Å². The fourth-order valence-electron chi connectivity index (χ4n) is 1.73. The van der Waals surface area contributed by atoms with E-state index in [2.05, 4.69) is 30.7 Å². The van der Waals surface area contributed by atoms with E-state index in [1.807, 2.05) is 31.5 Å². The molecule has 0 amide bonds. The molecule has 3 nitrogen and oxygen atoms in total. The van der Waals surface area contributed by atoms with Crippen molar-refractivity contribution in [3.05, 3.63) is 30.1 Å². The maximum atomic E-state index is 9.75. The van der Waals surface area contributed by atoms with Gasteiger partial charge in [-0.15, -0.1) is 0 Å². The van der Waals surface area contributed by atoms with Gasteiger partial charge in [0.15, 0.2) is 0 Å². The van der Waals surface area contributed by atoms with E-state index in [1.54, 1.807) is 0 Å². The molecule has 0 aliphatic heterocycles. The molecule has 0 aromatic carbocycles. The summed E-state index contributed by atoms with van der Waals surface area (Å²) in [7, 11) is 0. The zero-order valence-corrected chi connectivity index (χ0v) is 11.3. The SMILES string of the molecule is CCN(Cc1ccncc1)CC(C)(C)C(C)O. The smallest absolute Gasteiger partial charge is 0.0575 e. The second-order valence-corrected chi connectivity index (χ2v) is 5.32. The lowest BCUT2D eigenvalue weighted by molar-refractivity contribution is 0.0337. The lowest BCUT2D eigenvalue weighted by Crippen LogP contribution is -2.40. The Bertz CT molecular complexity index is 322. The highest BCUT2D eigenvalue weighted by Crippen LogP contribution is 2.22. The normalized spacial score (nSPS) is 14.0. The van der Waals surface area contributed by atoms with Crippen LogP contribution < -0.4 is 0 Å². The van der Waals surface area contributed by atoms with Gasteiger partial charge in [0.05, 0.1) is 6.10 Å². The molecular weight excluding hydrogens is 212 g/mol. The molecule has 0 bridgehead atoms. The zero-order chi connectivity index (χ0) is 12.9. The van der Waals surface area contributed by atoms with Crippen molar-refractivity contribution >= 4 is 0 Å². The van der Waals surface area contributed by atoms with Gasteiger partial charge in [0.2, 0.25) is 0 Å². The monoisotopic (exact) mass is 236 g/mol. The quantitative estimate of drug-likeness (QED) is 0.823. The van der Waals surface area contributed by atoms with Gasteiger partial charge in [-0.25, -0.2) is 0 Å². The molecule has 0 aliphatic rings. The van der Waals surface area contributed by atoms with Crippen LogP contribution in [0.1, 0.15) is 33.3 Å². The Kier molecular flexibility index (Phi) is 5.09. The number of aromatic nitrogens is 1. The Balaban J connectivity index is 2.61. The first-order valence-corrected chi connectivity index (χ1v) is 6.25. The van der Waals surface area contributed by atoms with Crippen LogP contribution in [0.4, 0.5) is 0 Å². The lowest BCUT2D eigenvalue weighted by atomic mass is 9.87. The molecule has 1 atom stereocenters. The molecule has 3 heteroatoms. The number of hydrogen-bond acceptors (Lipinski definition) is 3. The summed E-state index contributed by atoms with van der Waals surface area (Å²) < 4.78 is 0. The van der Waals surface area contributed by atoms with E-state index in [0.29, 0.717) is 0 Å². The molecular formula is C14H24N2O. The standard InChI is InChI=1S/C14H24N2O/c1-5-16(11-14(3,4)12(2)17)10-13-6-8-15-9-7-13/h6-9,12,17H,5,10-11H2,1-4H3. The Morgan fingerprint density at radius 3 is 2.41 bits per heavy atom. The highest BCUT2D eigenvalue weighted by Gasteiger charge is 2.26. The van der Waals surface area contributed by atoms with Gasteiger partial charge >= 0.3 is 0 Å². The minimum Gasteiger partial charge on any atom is -0.393 e. The van der Waals surface area contributed by atoms with Gasteiger partial charge in [-0.1, -0.05) is 20.8 Å². The second kappa shape index (κ2) is 6.12. The van der Waals surface area contributed by atoms with Crippen LogP contribution in [0.15, 0.2) is 24.5 Å². The van der Waals surface area contributed by atoms with Gasteiger partial charge in [0, 0.05) is 30.9 Å². The number of rotatable bonds is 6. The lowest BCUT2D eigenvalue weighted by Gasteiger charge is -2.34. The molecule has 0 spiro atoms. The highest BCUT2D eigenvalue weighted by molar-refractivity contribution is 5.09. The number of hydrogen-bond donors (Lipinski definition) is 1. The summed E-state index contributed by atoms with van der Waals surface area (Å²) in [6, 6.07) is 4.08. The van der Waals surface area contributed by atoms with Gasteiger partial charge in [0.1, 0.15) is 0 Å². The van der Waals surface area contributed by atoms with Crippen LogP contribution in [0.3, 0.4) is 0 Å². The predicted octanol–water partition coefficient (Wildman–Crippen LogP) is 2.31. The van der Waals surface area contributed by atoms with Crippen molar-refractivity contribution in [3.63, 3.8) is 0 Å². The third-order valence-corrected chi connectivity index (χ3v) is 3.36. The minimum absolute atomic E-state index is 0.0803. The van der Waals surface area contributed by atoms with Crippen molar-refractivity contribution in [1.82, 2.24) is 9.88 Å². The van der Waals surface area contributed by atoms with Crippen molar-refractivity contribution in [2.24, 2.45) is 5.41 Å². The van der Waals surface area contributed by atoms with Gasteiger partial charge < -0.3 is 5.11 Å². The molecule has 0 fully saturated rings. The molecule has 0 aliphatic carbocycles. The Morgan fingerprint density at radius 2 is 1.94 bits per heavy atom. The summed E-state index contributed by atoms with van der Waals surface area (Å²) in [6.07, 6.45) is 3.35. The van der Waals surface area contributed by atoms with Gasteiger partial charge in [-0.3, -0.25) is 9.88 Å². The molecule has 1 rings (SSSR count). The van der Waals surface area contributed by atoms with E-state index in [0.717, 1.165) is 19.6 Å². The third-order valence-electron chi connectivity index (χ3n) is 3.36. The number of pyridine rings is 1. The van der Waals surface area contributed by atoms with Crippen LogP contribution in [-0.4, -0.2) is 34.2 Å². The predicted molar refractivity (Wildman–Crippen MR) is 70.6 cm³/mol. The minimum atomic E-state index is -0.297. The van der Waals surface area contributed by atoms with E-state index >= 15 is 0 Å². The van der Waals surface area contributed by atoms with Crippen molar-refractivity contribution < 1.29 is 5.11 Å². The Labute approximate surface area is 104 Å². The fourth-order valence-corrected chi connectivity index (χ4v) is 1.73. The summed E-state index contributed by atoms with van der Waals surface area (Å²) in [5, 5.41) is 9.75. The maximum Gasteiger partial charge on any atom is 0.0575 e. The third kappa shape index (κ3) is 4.44. The molecule has 1 unspecified atom stereocenters.